The minimum atomic E-state index is -1.23. The highest BCUT2D eigenvalue weighted by atomic mass is 16.4. The molecule has 0 amide bonds. The summed E-state index contributed by atoms with van der Waals surface area (Å²) in [6.07, 6.45) is 3.75. The van der Waals surface area contributed by atoms with Crippen molar-refractivity contribution < 1.29 is 14.5 Å². The van der Waals surface area contributed by atoms with Gasteiger partial charge in [-0.1, -0.05) is 29.8 Å². The summed E-state index contributed by atoms with van der Waals surface area (Å²) in [7, 11) is 3.94. The second-order valence-corrected chi connectivity index (χ2v) is 7.62. The molecule has 0 unspecified atom stereocenters. The average Bonchev–Trinajstić information content (AvgIpc) is 2.81. The number of aromatic nitrogens is 4. The van der Waals surface area contributed by atoms with Crippen LogP contribution in [0.25, 0.3) is 5.95 Å². The number of benzene rings is 2. The fourth-order valence-corrected chi connectivity index (χ4v) is 3.03. The molecule has 0 saturated carbocycles. The third-order valence-electron chi connectivity index (χ3n) is 4.87. The maximum atomic E-state index is 11.0. The fraction of sp³-hybridized carbons (Fsp3) is 0.125. The molecule has 33 heavy (non-hydrogen) atoms. The van der Waals surface area contributed by atoms with Gasteiger partial charge in [-0.15, -0.1) is 4.98 Å². The number of rotatable bonds is 7. The van der Waals surface area contributed by atoms with Gasteiger partial charge in [-0.25, -0.2) is 4.57 Å². The van der Waals surface area contributed by atoms with Gasteiger partial charge in [0.05, 0.1) is 18.4 Å². The van der Waals surface area contributed by atoms with Crippen LogP contribution < -0.4 is 25.2 Å². The van der Waals surface area contributed by atoms with Crippen molar-refractivity contribution in [2.75, 3.05) is 29.6 Å². The predicted molar refractivity (Wildman–Crippen MR) is 124 cm³/mol. The monoisotopic (exact) mass is 441 g/mol. The molecule has 0 radical (unpaired) electrons. The van der Waals surface area contributed by atoms with Crippen molar-refractivity contribution in [3.63, 3.8) is 0 Å². The summed E-state index contributed by atoms with van der Waals surface area (Å²) in [6, 6.07) is 18.0. The minimum absolute atomic E-state index is 0.0927. The zero-order valence-electron chi connectivity index (χ0n) is 18.5. The number of aromatic carboxylic acids is 1. The number of pyridine rings is 1. The molecule has 0 saturated heterocycles. The van der Waals surface area contributed by atoms with Crippen LogP contribution in [0.3, 0.4) is 0 Å². The van der Waals surface area contributed by atoms with E-state index >= 15 is 0 Å². The van der Waals surface area contributed by atoms with Crippen LogP contribution >= 0.6 is 0 Å². The normalized spacial score (nSPS) is 10.5. The van der Waals surface area contributed by atoms with Gasteiger partial charge in [-0.2, -0.15) is 0 Å². The van der Waals surface area contributed by atoms with Crippen molar-refractivity contribution in [2.45, 2.75) is 6.92 Å². The molecule has 0 spiro atoms. The maximum Gasteiger partial charge on any atom is 0.444 e. The highest BCUT2D eigenvalue weighted by molar-refractivity contribution is 5.86. The Morgan fingerprint density at radius 1 is 0.818 bits per heavy atom. The van der Waals surface area contributed by atoms with E-state index in [-0.39, 0.29) is 5.56 Å². The number of carbonyl (C=O) groups excluding carboxylic acids is 1. The average molecular weight is 441 g/mol. The molecular formula is C24H23N7O2. The van der Waals surface area contributed by atoms with Gasteiger partial charge >= 0.3 is 17.8 Å². The summed E-state index contributed by atoms with van der Waals surface area (Å²) in [4.78, 5) is 26.6. The highest BCUT2D eigenvalue weighted by Crippen LogP contribution is 2.18. The van der Waals surface area contributed by atoms with Crippen LogP contribution in [0.5, 0.6) is 0 Å². The van der Waals surface area contributed by atoms with E-state index in [1.54, 1.807) is 16.7 Å². The van der Waals surface area contributed by atoms with Crippen LogP contribution in [0.15, 0.2) is 73.1 Å². The van der Waals surface area contributed by atoms with Crippen molar-refractivity contribution in [2.24, 2.45) is 0 Å². The SMILES string of the molecule is Cc1ccc(Nc2nc(Nc3ccc(C(=O)[O-])cc3)nc(-[n+]3ccc(N(C)C)cc3)n2)cc1. The Balaban J connectivity index is 1.68. The molecule has 0 aliphatic carbocycles. The quantitative estimate of drug-likeness (QED) is 0.421. The Labute approximate surface area is 191 Å². The zero-order valence-corrected chi connectivity index (χ0v) is 18.5. The smallest absolute Gasteiger partial charge is 0.444 e. The van der Waals surface area contributed by atoms with E-state index in [1.165, 1.54) is 12.1 Å². The van der Waals surface area contributed by atoms with Crippen molar-refractivity contribution in [3.8, 4) is 5.95 Å². The molecule has 2 aromatic carbocycles. The molecule has 4 rings (SSSR count). The number of nitrogens with zero attached hydrogens (tertiary/aromatic N) is 5. The molecule has 2 aromatic heterocycles. The molecule has 9 heteroatoms. The number of anilines is 5. The van der Waals surface area contributed by atoms with Gasteiger partial charge < -0.3 is 25.4 Å². The number of carboxylic acids is 1. The Bertz CT molecular complexity index is 1260. The summed E-state index contributed by atoms with van der Waals surface area (Å²) in [5, 5.41) is 17.3. The Hall–Kier alpha value is -4.53. The van der Waals surface area contributed by atoms with E-state index in [9.17, 15) is 9.90 Å². The number of aryl methyl sites for hydroxylation is 1. The Morgan fingerprint density at radius 3 is 1.82 bits per heavy atom. The van der Waals surface area contributed by atoms with Gasteiger partial charge in [0.25, 0.3) is 0 Å². The summed E-state index contributed by atoms with van der Waals surface area (Å²) >= 11 is 0. The van der Waals surface area contributed by atoms with Gasteiger partial charge in [0, 0.05) is 31.2 Å². The molecule has 2 N–H and O–H groups in total. The summed E-state index contributed by atoms with van der Waals surface area (Å²) in [5.41, 5.74) is 3.76. The van der Waals surface area contributed by atoms with Gasteiger partial charge in [0.1, 0.15) is 0 Å². The summed E-state index contributed by atoms with van der Waals surface area (Å²) in [5.74, 6) is -0.146. The van der Waals surface area contributed by atoms with E-state index in [4.69, 9.17) is 0 Å². The van der Waals surface area contributed by atoms with Crippen molar-refractivity contribution in [3.05, 3.63) is 84.2 Å². The molecule has 166 valence electrons. The molecule has 9 nitrogen and oxygen atoms in total. The second-order valence-electron chi connectivity index (χ2n) is 7.62. The first kappa shape index (κ1) is 21.7. The largest absolute Gasteiger partial charge is 0.545 e. The molecule has 0 bridgehead atoms. The van der Waals surface area contributed by atoms with Gasteiger partial charge in [-0.05, 0) is 58.9 Å². The van der Waals surface area contributed by atoms with Crippen LogP contribution in [0.4, 0.5) is 29.0 Å². The minimum Gasteiger partial charge on any atom is -0.545 e. The van der Waals surface area contributed by atoms with Crippen molar-refractivity contribution in [1.82, 2.24) is 15.0 Å². The van der Waals surface area contributed by atoms with Crippen LogP contribution in [0, 0.1) is 6.92 Å². The standard InChI is InChI=1S/C24H23N7O2/c1-16-4-8-18(9-5-16)25-22-27-23(26-19-10-6-17(7-11-19)21(32)33)29-24(28-22)31-14-12-20(13-15-31)30(2)3/h4-15H,1-3H3,(H2-,25,26,27,28,29,32,33). The van der Waals surface area contributed by atoms with E-state index in [2.05, 4.69) is 25.6 Å². The lowest BCUT2D eigenvalue weighted by molar-refractivity contribution is -0.603. The summed E-state index contributed by atoms with van der Waals surface area (Å²) in [6.45, 7) is 2.02. The number of hydrogen-bond acceptors (Lipinski definition) is 8. The van der Waals surface area contributed by atoms with Crippen LogP contribution in [-0.2, 0) is 0 Å². The van der Waals surface area contributed by atoms with E-state index < -0.39 is 5.97 Å². The maximum absolute atomic E-state index is 11.0. The Kier molecular flexibility index (Phi) is 6.12. The number of nitrogens with one attached hydrogen (secondary N) is 2. The summed E-state index contributed by atoms with van der Waals surface area (Å²) < 4.78 is 1.79. The predicted octanol–water partition coefficient (Wildman–Crippen LogP) is 2.37. The van der Waals surface area contributed by atoms with Gasteiger partial charge in [0.2, 0.25) is 0 Å². The van der Waals surface area contributed by atoms with E-state index in [0.29, 0.717) is 23.5 Å². The number of carboxylic acid groups (broad SMARTS) is 1. The van der Waals surface area contributed by atoms with Crippen molar-refractivity contribution >= 4 is 34.9 Å². The lowest BCUT2D eigenvalue weighted by Crippen LogP contribution is -2.33. The number of hydrogen-bond donors (Lipinski definition) is 2. The molecule has 0 fully saturated rings. The lowest BCUT2D eigenvalue weighted by atomic mass is 10.2. The Morgan fingerprint density at radius 2 is 1.33 bits per heavy atom. The first-order chi connectivity index (χ1) is 15.9. The van der Waals surface area contributed by atoms with Gasteiger partial charge in [0.15, 0.2) is 0 Å². The number of carbonyl (C=O) groups is 1. The molecular weight excluding hydrogens is 418 g/mol. The van der Waals surface area contributed by atoms with Crippen LogP contribution in [-0.4, -0.2) is 35.0 Å². The van der Waals surface area contributed by atoms with E-state index in [1.807, 2.05) is 74.7 Å². The topological polar surface area (TPSA) is 110 Å². The molecule has 0 aliphatic rings. The molecule has 4 aromatic rings. The second kappa shape index (κ2) is 9.31. The van der Waals surface area contributed by atoms with Crippen LogP contribution in [0.2, 0.25) is 0 Å². The molecule has 0 aliphatic heterocycles. The molecule has 0 atom stereocenters. The van der Waals surface area contributed by atoms with Crippen molar-refractivity contribution in [1.29, 1.82) is 0 Å². The van der Waals surface area contributed by atoms with Crippen LogP contribution in [0.1, 0.15) is 15.9 Å². The van der Waals surface area contributed by atoms with E-state index in [0.717, 1.165) is 16.9 Å². The third kappa shape index (κ3) is 5.40. The fourth-order valence-electron chi connectivity index (χ4n) is 3.03. The third-order valence-corrected chi connectivity index (χ3v) is 4.87. The lowest BCUT2D eigenvalue weighted by Gasteiger charge is -2.11. The molecule has 2 heterocycles. The first-order valence-electron chi connectivity index (χ1n) is 10.2. The van der Waals surface area contributed by atoms with Gasteiger partial charge in [-0.3, -0.25) is 0 Å². The zero-order chi connectivity index (χ0) is 23.4. The first-order valence-corrected chi connectivity index (χ1v) is 10.2. The highest BCUT2D eigenvalue weighted by Gasteiger charge is 2.18.